The van der Waals surface area contributed by atoms with Crippen LogP contribution in [-0.2, 0) is 7.05 Å². The number of aryl methyl sites for hydroxylation is 1. The molecule has 4 rings (SSSR count). The molecule has 1 aromatic carbocycles. The van der Waals surface area contributed by atoms with Crippen LogP contribution in [0.4, 0.5) is 11.4 Å². The largest absolute Gasteiger partial charge is 0.352 e. The van der Waals surface area contributed by atoms with Gasteiger partial charge in [0.25, 0.3) is 0 Å². The molecule has 0 bridgehead atoms. The van der Waals surface area contributed by atoms with E-state index in [1.54, 1.807) is 23.1 Å². The molecule has 0 saturated carbocycles. The highest BCUT2D eigenvalue weighted by molar-refractivity contribution is 5.95. The number of hydrogen-bond acceptors (Lipinski definition) is 4. The monoisotopic (exact) mass is 314 g/mol. The van der Waals surface area contributed by atoms with Gasteiger partial charge in [0.05, 0.1) is 35.4 Å². The maximum Gasteiger partial charge on any atom is 0.138 e. The zero-order chi connectivity index (χ0) is 16.5. The van der Waals surface area contributed by atoms with Crippen LogP contribution in [0.1, 0.15) is 5.56 Å². The topological polar surface area (TPSA) is 82.3 Å². The quantitative estimate of drug-likeness (QED) is 0.605. The molecule has 3 heterocycles. The number of nitrogens with one attached hydrogen (secondary N) is 2. The number of nitrogens with zero attached hydrogens (tertiary/aromatic N) is 4. The number of aromatic amines is 1. The molecule has 0 spiro atoms. The van der Waals surface area contributed by atoms with Crippen molar-refractivity contribution in [1.29, 1.82) is 5.26 Å². The first-order valence-corrected chi connectivity index (χ1v) is 7.46. The lowest BCUT2D eigenvalue weighted by Crippen LogP contribution is -1.90. The fourth-order valence-electron chi connectivity index (χ4n) is 2.72. The molecular weight excluding hydrogens is 300 g/mol. The summed E-state index contributed by atoms with van der Waals surface area (Å²) in [6, 6.07) is 11.8. The minimum atomic E-state index is 0.638. The number of hydrogen-bond donors (Lipinski definition) is 2. The number of pyridine rings is 1. The number of aromatic nitrogens is 4. The van der Waals surface area contributed by atoms with Gasteiger partial charge in [-0.15, -0.1) is 0 Å². The summed E-state index contributed by atoms with van der Waals surface area (Å²) in [7, 11) is 1.87. The van der Waals surface area contributed by atoms with Gasteiger partial charge in [0, 0.05) is 30.4 Å². The lowest BCUT2D eigenvalue weighted by molar-refractivity contribution is 0.768. The maximum atomic E-state index is 9.09. The van der Waals surface area contributed by atoms with Crippen LogP contribution in [0.15, 0.2) is 55.1 Å². The summed E-state index contributed by atoms with van der Waals surface area (Å²) in [5.41, 5.74) is 5.24. The van der Waals surface area contributed by atoms with Gasteiger partial charge in [-0.05, 0) is 23.8 Å². The van der Waals surface area contributed by atoms with Crippen LogP contribution in [0, 0.1) is 11.3 Å². The molecule has 0 radical (unpaired) electrons. The summed E-state index contributed by atoms with van der Waals surface area (Å²) in [6.45, 7) is 0. The zero-order valence-corrected chi connectivity index (χ0v) is 13.0. The van der Waals surface area contributed by atoms with Crippen molar-refractivity contribution < 1.29 is 0 Å². The molecule has 0 aliphatic carbocycles. The Kier molecular flexibility index (Phi) is 3.25. The second-order valence-electron chi connectivity index (χ2n) is 5.54. The van der Waals surface area contributed by atoms with Crippen molar-refractivity contribution in [2.24, 2.45) is 7.05 Å². The number of nitriles is 1. The lowest BCUT2D eigenvalue weighted by Gasteiger charge is -2.04. The second-order valence-corrected chi connectivity index (χ2v) is 5.54. The van der Waals surface area contributed by atoms with E-state index in [1.807, 2.05) is 43.7 Å². The first-order valence-electron chi connectivity index (χ1n) is 7.46. The van der Waals surface area contributed by atoms with Gasteiger partial charge in [-0.3, -0.25) is 4.68 Å². The first-order chi connectivity index (χ1) is 11.7. The maximum absolute atomic E-state index is 9.09. The van der Waals surface area contributed by atoms with E-state index in [-0.39, 0.29) is 0 Å². The highest BCUT2D eigenvalue weighted by Crippen LogP contribution is 2.30. The molecular formula is C18H14N6. The molecule has 0 atom stereocenters. The molecule has 6 heteroatoms. The van der Waals surface area contributed by atoms with Crippen molar-refractivity contribution in [3.63, 3.8) is 0 Å². The molecule has 116 valence electrons. The number of benzene rings is 1. The van der Waals surface area contributed by atoms with Crippen LogP contribution in [-0.4, -0.2) is 19.7 Å². The van der Waals surface area contributed by atoms with Gasteiger partial charge in [0.15, 0.2) is 0 Å². The van der Waals surface area contributed by atoms with Crippen molar-refractivity contribution in [2.45, 2.75) is 0 Å². The number of anilines is 2. The Labute approximate surface area is 138 Å². The van der Waals surface area contributed by atoms with Crippen LogP contribution in [0.2, 0.25) is 0 Å². The van der Waals surface area contributed by atoms with Gasteiger partial charge in [-0.2, -0.15) is 10.4 Å². The average molecular weight is 314 g/mol. The van der Waals surface area contributed by atoms with E-state index in [2.05, 4.69) is 26.5 Å². The fraction of sp³-hybridized carbons (Fsp3) is 0.0556. The first kappa shape index (κ1) is 14.0. The Morgan fingerprint density at radius 2 is 2.12 bits per heavy atom. The van der Waals surface area contributed by atoms with Gasteiger partial charge in [0.2, 0.25) is 0 Å². The highest BCUT2D eigenvalue weighted by atomic mass is 15.3. The van der Waals surface area contributed by atoms with E-state index in [9.17, 15) is 0 Å². The van der Waals surface area contributed by atoms with Crippen molar-refractivity contribution in [3.05, 3.63) is 60.7 Å². The molecule has 0 fully saturated rings. The Morgan fingerprint density at radius 3 is 2.92 bits per heavy atom. The normalized spacial score (nSPS) is 10.7. The molecule has 0 aliphatic rings. The van der Waals surface area contributed by atoms with Crippen molar-refractivity contribution in [2.75, 3.05) is 5.32 Å². The molecule has 2 N–H and O–H groups in total. The molecule has 6 nitrogen and oxygen atoms in total. The van der Waals surface area contributed by atoms with E-state index in [1.165, 1.54) is 0 Å². The molecule has 0 saturated heterocycles. The van der Waals surface area contributed by atoms with E-state index in [0.29, 0.717) is 5.56 Å². The summed E-state index contributed by atoms with van der Waals surface area (Å²) in [5.74, 6) is 0. The predicted octanol–water partition coefficient (Wildman–Crippen LogP) is 3.58. The fourth-order valence-corrected chi connectivity index (χ4v) is 2.72. The predicted molar refractivity (Wildman–Crippen MR) is 92.7 cm³/mol. The smallest absolute Gasteiger partial charge is 0.138 e. The highest BCUT2D eigenvalue weighted by Gasteiger charge is 2.09. The average Bonchev–Trinajstić information content (AvgIpc) is 3.21. The van der Waals surface area contributed by atoms with Gasteiger partial charge >= 0.3 is 0 Å². The van der Waals surface area contributed by atoms with Crippen molar-refractivity contribution in [3.8, 4) is 17.2 Å². The SMILES string of the molecule is Cn1cc(Nc2cnc3[nH]cc(-c4cccc(C#N)c4)c3c2)cn1. The molecule has 0 amide bonds. The van der Waals surface area contributed by atoms with Gasteiger partial charge < -0.3 is 10.3 Å². The number of fused-ring (bicyclic) bond motifs is 1. The minimum absolute atomic E-state index is 0.638. The summed E-state index contributed by atoms with van der Waals surface area (Å²) in [6.07, 6.45) is 7.36. The Hall–Kier alpha value is -3.59. The second kappa shape index (κ2) is 5.56. The summed E-state index contributed by atoms with van der Waals surface area (Å²) in [5, 5.41) is 17.5. The Morgan fingerprint density at radius 1 is 1.21 bits per heavy atom. The lowest BCUT2D eigenvalue weighted by atomic mass is 10.0. The Balaban J connectivity index is 1.77. The van der Waals surface area contributed by atoms with E-state index in [0.717, 1.165) is 33.5 Å². The molecule has 3 aromatic heterocycles. The van der Waals surface area contributed by atoms with Crippen LogP contribution >= 0.6 is 0 Å². The van der Waals surface area contributed by atoms with Crippen molar-refractivity contribution in [1.82, 2.24) is 19.7 Å². The van der Waals surface area contributed by atoms with E-state index >= 15 is 0 Å². The standard InChI is InChI=1S/C18H14N6/c1-24-11-15(9-22-24)23-14-6-16-17(10-21-18(16)20-8-14)13-4-2-3-12(5-13)7-19/h2-6,8-11,23H,1H3,(H,20,21). The summed E-state index contributed by atoms with van der Waals surface area (Å²) in [4.78, 5) is 7.64. The zero-order valence-electron chi connectivity index (χ0n) is 13.0. The van der Waals surface area contributed by atoms with Crippen LogP contribution in [0.5, 0.6) is 0 Å². The van der Waals surface area contributed by atoms with E-state index < -0.39 is 0 Å². The van der Waals surface area contributed by atoms with Gasteiger partial charge in [-0.1, -0.05) is 12.1 Å². The van der Waals surface area contributed by atoms with Crippen molar-refractivity contribution >= 4 is 22.4 Å². The molecule has 0 unspecified atom stereocenters. The third-order valence-electron chi connectivity index (χ3n) is 3.83. The minimum Gasteiger partial charge on any atom is -0.352 e. The third kappa shape index (κ3) is 2.48. The van der Waals surface area contributed by atoms with Crippen LogP contribution < -0.4 is 5.32 Å². The van der Waals surface area contributed by atoms with Crippen LogP contribution in [0.25, 0.3) is 22.2 Å². The van der Waals surface area contributed by atoms with Crippen LogP contribution in [0.3, 0.4) is 0 Å². The molecule has 4 aromatic rings. The summed E-state index contributed by atoms with van der Waals surface area (Å²) < 4.78 is 1.74. The molecule has 24 heavy (non-hydrogen) atoms. The summed E-state index contributed by atoms with van der Waals surface area (Å²) >= 11 is 0. The number of H-pyrrole nitrogens is 1. The molecule has 0 aliphatic heterocycles. The van der Waals surface area contributed by atoms with Gasteiger partial charge in [0.1, 0.15) is 5.65 Å². The van der Waals surface area contributed by atoms with E-state index in [4.69, 9.17) is 5.26 Å². The number of rotatable bonds is 3. The van der Waals surface area contributed by atoms with Gasteiger partial charge in [-0.25, -0.2) is 4.98 Å². The third-order valence-corrected chi connectivity index (χ3v) is 3.83. The Bertz CT molecular complexity index is 1070.